The molecule has 0 spiro atoms. The zero-order valence-electron chi connectivity index (χ0n) is 14.0. The largest absolute Gasteiger partial charge is 0.485 e. The fourth-order valence-electron chi connectivity index (χ4n) is 2.53. The highest BCUT2D eigenvalue weighted by atomic mass is 19.3. The zero-order valence-corrected chi connectivity index (χ0v) is 14.0. The van der Waals surface area contributed by atoms with Crippen LogP contribution in [0.1, 0.15) is 35.4 Å². The van der Waals surface area contributed by atoms with Gasteiger partial charge in [0.1, 0.15) is 12.4 Å². The molecular weight excluding hydrogens is 367 g/mol. The number of hydrogen-bond acceptors (Lipinski definition) is 2. The first-order chi connectivity index (χ1) is 12.9. The molecule has 1 aliphatic carbocycles. The van der Waals surface area contributed by atoms with Gasteiger partial charge in [0.25, 0.3) is 6.43 Å². The summed E-state index contributed by atoms with van der Waals surface area (Å²) in [7, 11) is 0. The van der Waals surface area contributed by atoms with Gasteiger partial charge >= 0.3 is 6.61 Å². The van der Waals surface area contributed by atoms with Crippen LogP contribution in [0.15, 0.2) is 36.4 Å². The molecule has 2 aromatic rings. The molecule has 2 nitrogen and oxygen atoms in total. The molecule has 0 amide bonds. The SMILES string of the molecule is Fc1ccc(C#Cc2ccc(OC(F)F)c(C3CC3)c2)cc1OCC(F)F. The molecule has 142 valence electrons. The highest BCUT2D eigenvalue weighted by molar-refractivity contribution is 5.50. The molecule has 1 aliphatic rings. The molecule has 0 bridgehead atoms. The molecular formula is C20H15F5O2. The summed E-state index contributed by atoms with van der Waals surface area (Å²) >= 11 is 0. The summed E-state index contributed by atoms with van der Waals surface area (Å²) in [6.07, 6.45) is -0.910. The summed E-state index contributed by atoms with van der Waals surface area (Å²) in [5, 5.41) is 0. The summed E-state index contributed by atoms with van der Waals surface area (Å²) in [6.45, 7) is -3.81. The van der Waals surface area contributed by atoms with Gasteiger partial charge in [-0.15, -0.1) is 0 Å². The van der Waals surface area contributed by atoms with E-state index in [0.717, 1.165) is 18.9 Å². The number of alkyl halides is 4. The lowest BCUT2D eigenvalue weighted by Crippen LogP contribution is -2.08. The molecule has 27 heavy (non-hydrogen) atoms. The van der Waals surface area contributed by atoms with Gasteiger partial charge in [0.15, 0.2) is 11.6 Å². The summed E-state index contributed by atoms with van der Waals surface area (Å²) in [5.74, 6) is 4.91. The van der Waals surface area contributed by atoms with Crippen molar-refractivity contribution in [3.8, 4) is 23.3 Å². The smallest absolute Gasteiger partial charge is 0.387 e. The number of ether oxygens (including phenoxy) is 2. The van der Waals surface area contributed by atoms with Crippen LogP contribution in [0, 0.1) is 17.7 Å². The minimum absolute atomic E-state index is 0.141. The lowest BCUT2D eigenvalue weighted by Gasteiger charge is -2.10. The summed E-state index contributed by atoms with van der Waals surface area (Å²) in [4.78, 5) is 0. The van der Waals surface area contributed by atoms with Crippen molar-refractivity contribution in [3.05, 3.63) is 58.9 Å². The summed E-state index contributed by atoms with van der Waals surface area (Å²) < 4.78 is 72.3. The molecule has 7 heteroatoms. The van der Waals surface area contributed by atoms with Crippen molar-refractivity contribution in [2.75, 3.05) is 6.61 Å². The van der Waals surface area contributed by atoms with Crippen molar-refractivity contribution in [2.24, 2.45) is 0 Å². The first kappa shape index (κ1) is 19.0. The van der Waals surface area contributed by atoms with Gasteiger partial charge in [-0.05, 0) is 60.7 Å². The van der Waals surface area contributed by atoms with Crippen LogP contribution < -0.4 is 9.47 Å². The quantitative estimate of drug-likeness (QED) is 0.495. The molecule has 0 saturated heterocycles. The fraction of sp³-hybridized carbons (Fsp3) is 0.300. The molecule has 0 radical (unpaired) electrons. The van der Waals surface area contributed by atoms with Crippen molar-refractivity contribution in [3.63, 3.8) is 0 Å². The maximum Gasteiger partial charge on any atom is 0.387 e. The minimum Gasteiger partial charge on any atom is -0.485 e. The van der Waals surface area contributed by atoms with Crippen LogP contribution in [0.4, 0.5) is 22.0 Å². The zero-order chi connectivity index (χ0) is 19.4. The van der Waals surface area contributed by atoms with E-state index in [0.29, 0.717) is 16.7 Å². The van der Waals surface area contributed by atoms with Crippen LogP contribution in [0.25, 0.3) is 0 Å². The third-order valence-corrected chi connectivity index (χ3v) is 3.89. The van der Waals surface area contributed by atoms with Crippen LogP contribution in [0.5, 0.6) is 11.5 Å². The molecule has 1 fully saturated rings. The minimum atomic E-state index is -2.90. The first-order valence-electron chi connectivity index (χ1n) is 8.23. The van der Waals surface area contributed by atoms with Gasteiger partial charge in [0.05, 0.1) is 0 Å². The lowest BCUT2D eigenvalue weighted by atomic mass is 10.1. The van der Waals surface area contributed by atoms with Gasteiger partial charge in [-0.2, -0.15) is 8.78 Å². The van der Waals surface area contributed by atoms with Gasteiger partial charge in [0.2, 0.25) is 0 Å². The molecule has 0 N–H and O–H groups in total. The number of rotatable bonds is 6. The molecule has 3 rings (SSSR count). The van der Waals surface area contributed by atoms with Crippen LogP contribution in [0.3, 0.4) is 0 Å². The normalized spacial score (nSPS) is 13.4. The van der Waals surface area contributed by atoms with Crippen molar-refractivity contribution in [2.45, 2.75) is 31.8 Å². The van der Waals surface area contributed by atoms with E-state index < -0.39 is 25.5 Å². The topological polar surface area (TPSA) is 18.5 Å². The second kappa shape index (κ2) is 8.30. The molecule has 0 heterocycles. The number of benzene rings is 2. The van der Waals surface area contributed by atoms with Gasteiger partial charge in [-0.1, -0.05) is 11.8 Å². The van der Waals surface area contributed by atoms with Crippen LogP contribution >= 0.6 is 0 Å². The van der Waals surface area contributed by atoms with E-state index in [9.17, 15) is 22.0 Å². The highest BCUT2D eigenvalue weighted by Crippen LogP contribution is 2.44. The fourth-order valence-corrected chi connectivity index (χ4v) is 2.53. The van der Waals surface area contributed by atoms with Crippen molar-refractivity contribution < 1.29 is 31.4 Å². The van der Waals surface area contributed by atoms with Crippen molar-refractivity contribution in [1.82, 2.24) is 0 Å². The molecule has 2 aromatic carbocycles. The van der Waals surface area contributed by atoms with E-state index in [1.54, 1.807) is 12.1 Å². The van der Waals surface area contributed by atoms with E-state index in [1.807, 2.05) is 0 Å². The average molecular weight is 382 g/mol. The van der Waals surface area contributed by atoms with Gasteiger partial charge in [-0.25, -0.2) is 13.2 Å². The Balaban J connectivity index is 1.81. The summed E-state index contributed by atoms with van der Waals surface area (Å²) in [5.41, 5.74) is 1.64. The maximum absolute atomic E-state index is 13.6. The molecule has 0 aliphatic heterocycles. The Kier molecular flexibility index (Phi) is 5.84. The monoisotopic (exact) mass is 382 g/mol. The Hall–Kier alpha value is -2.75. The standard InChI is InChI=1S/C20H15F5O2/c21-16-7-3-13(10-18(16)26-11-19(22)23)2-1-12-4-8-17(27-20(24)25)15(9-12)14-5-6-14/h3-4,7-10,14,19-20H,5-6,11H2. The molecule has 0 aromatic heterocycles. The Morgan fingerprint density at radius 3 is 2.22 bits per heavy atom. The van der Waals surface area contributed by atoms with E-state index in [4.69, 9.17) is 4.74 Å². The Morgan fingerprint density at radius 2 is 1.59 bits per heavy atom. The van der Waals surface area contributed by atoms with Crippen LogP contribution in [0.2, 0.25) is 0 Å². The second-order valence-corrected chi connectivity index (χ2v) is 6.00. The average Bonchev–Trinajstić information content (AvgIpc) is 3.45. The predicted octanol–water partition coefficient (Wildman–Crippen LogP) is 5.35. The number of hydrogen-bond donors (Lipinski definition) is 0. The first-order valence-corrected chi connectivity index (χ1v) is 8.23. The summed E-state index contributed by atoms with van der Waals surface area (Å²) in [6, 6.07) is 8.41. The van der Waals surface area contributed by atoms with Crippen LogP contribution in [-0.2, 0) is 0 Å². The van der Waals surface area contributed by atoms with Gasteiger partial charge in [0, 0.05) is 11.1 Å². The third kappa shape index (κ3) is 5.36. The van der Waals surface area contributed by atoms with E-state index >= 15 is 0 Å². The Morgan fingerprint density at radius 1 is 0.926 bits per heavy atom. The van der Waals surface area contributed by atoms with Crippen molar-refractivity contribution >= 4 is 0 Å². The van der Waals surface area contributed by atoms with E-state index in [-0.39, 0.29) is 17.4 Å². The third-order valence-electron chi connectivity index (χ3n) is 3.89. The lowest BCUT2D eigenvalue weighted by molar-refractivity contribution is -0.0504. The molecule has 1 saturated carbocycles. The molecule has 0 unspecified atom stereocenters. The van der Waals surface area contributed by atoms with E-state index in [2.05, 4.69) is 16.6 Å². The van der Waals surface area contributed by atoms with Gasteiger partial charge < -0.3 is 9.47 Å². The number of halogens is 5. The molecule has 0 atom stereocenters. The predicted molar refractivity (Wildman–Crippen MR) is 88.9 cm³/mol. The Labute approximate surface area is 152 Å². The Bertz CT molecular complexity index is 866. The second-order valence-electron chi connectivity index (χ2n) is 6.00. The van der Waals surface area contributed by atoms with E-state index in [1.165, 1.54) is 18.2 Å². The highest BCUT2D eigenvalue weighted by Gasteiger charge is 2.27. The maximum atomic E-state index is 13.6. The van der Waals surface area contributed by atoms with Crippen molar-refractivity contribution in [1.29, 1.82) is 0 Å². The van der Waals surface area contributed by atoms with Gasteiger partial charge in [-0.3, -0.25) is 0 Å². The van der Waals surface area contributed by atoms with Crippen LogP contribution in [-0.4, -0.2) is 19.6 Å².